The number of nitrogens with one attached hydrogen (secondary N) is 2. The monoisotopic (exact) mass is 342 g/mol. The number of phenolic OH excluding ortho intramolecular Hbond substituents is 1. The summed E-state index contributed by atoms with van der Waals surface area (Å²) >= 11 is 0. The van der Waals surface area contributed by atoms with Crippen molar-refractivity contribution in [2.75, 3.05) is 13.7 Å². The molecule has 5 nitrogen and oxygen atoms in total. The number of aromatic hydroxyl groups is 1. The van der Waals surface area contributed by atoms with Gasteiger partial charge in [-0.3, -0.25) is 4.79 Å². The van der Waals surface area contributed by atoms with E-state index in [0.717, 1.165) is 24.0 Å². The van der Waals surface area contributed by atoms with Crippen LogP contribution in [0, 0.1) is 0 Å². The minimum atomic E-state index is -0.0262. The summed E-state index contributed by atoms with van der Waals surface area (Å²) in [7, 11) is 1.53. The molecule has 0 heterocycles. The third-order valence-electron chi connectivity index (χ3n) is 3.93. The highest BCUT2D eigenvalue weighted by molar-refractivity contribution is 5.94. The van der Waals surface area contributed by atoms with Crippen molar-refractivity contribution in [3.63, 3.8) is 0 Å². The largest absolute Gasteiger partial charge is 0.504 e. The molecule has 3 N–H and O–H groups in total. The predicted octanol–water partition coefficient (Wildman–Crippen LogP) is 3.22. The maximum absolute atomic E-state index is 12.0. The molecule has 134 valence electrons. The Hall–Kier alpha value is -2.53. The van der Waals surface area contributed by atoms with Crippen LogP contribution in [0.1, 0.15) is 41.3 Å². The fourth-order valence-electron chi connectivity index (χ4n) is 2.45. The van der Waals surface area contributed by atoms with E-state index in [0.29, 0.717) is 30.9 Å². The molecule has 0 bridgehead atoms. The molecule has 0 aliphatic rings. The maximum atomic E-state index is 12.0. The van der Waals surface area contributed by atoms with E-state index in [1.54, 1.807) is 12.1 Å². The normalized spacial score (nSPS) is 10.5. The second-order valence-electron chi connectivity index (χ2n) is 5.92. The molecule has 0 saturated carbocycles. The van der Waals surface area contributed by atoms with Crippen molar-refractivity contribution in [3.05, 3.63) is 59.2 Å². The van der Waals surface area contributed by atoms with E-state index in [1.807, 2.05) is 30.3 Å². The molecule has 0 radical (unpaired) electrons. The van der Waals surface area contributed by atoms with Gasteiger partial charge in [-0.25, -0.2) is 0 Å². The van der Waals surface area contributed by atoms with Gasteiger partial charge in [0.15, 0.2) is 11.5 Å². The van der Waals surface area contributed by atoms with Crippen molar-refractivity contribution in [3.8, 4) is 11.5 Å². The average molecular weight is 342 g/mol. The number of amides is 1. The molecule has 2 rings (SSSR count). The summed E-state index contributed by atoms with van der Waals surface area (Å²) in [5, 5.41) is 16.0. The number of unbranched alkanes of at least 4 members (excludes halogenated alkanes) is 1. The summed E-state index contributed by atoms with van der Waals surface area (Å²) in [5.74, 6) is 0.582. The van der Waals surface area contributed by atoms with Crippen molar-refractivity contribution in [2.24, 2.45) is 0 Å². The number of benzene rings is 2. The van der Waals surface area contributed by atoms with Gasteiger partial charge in [-0.05, 0) is 41.8 Å². The van der Waals surface area contributed by atoms with Crippen molar-refractivity contribution >= 4 is 5.91 Å². The number of hydrogen-bond donors (Lipinski definition) is 3. The first-order valence-corrected chi connectivity index (χ1v) is 8.57. The van der Waals surface area contributed by atoms with Gasteiger partial charge in [-0.1, -0.05) is 31.5 Å². The average Bonchev–Trinajstić information content (AvgIpc) is 2.62. The number of carbonyl (C=O) groups is 1. The maximum Gasteiger partial charge on any atom is 0.251 e. The number of phenols is 1. The Labute approximate surface area is 149 Å². The lowest BCUT2D eigenvalue weighted by Gasteiger charge is -2.09. The molecule has 0 aliphatic carbocycles. The minimum Gasteiger partial charge on any atom is -0.504 e. The number of methoxy groups -OCH3 is 1. The van der Waals surface area contributed by atoms with E-state index in [-0.39, 0.29) is 11.7 Å². The summed E-state index contributed by atoms with van der Waals surface area (Å²) in [6.45, 7) is 4.13. The Morgan fingerprint density at radius 3 is 2.40 bits per heavy atom. The van der Waals surface area contributed by atoms with Crippen LogP contribution in [0.25, 0.3) is 0 Å². The molecule has 0 fully saturated rings. The molecule has 0 spiro atoms. The third-order valence-corrected chi connectivity index (χ3v) is 3.93. The molecule has 5 heteroatoms. The van der Waals surface area contributed by atoms with Gasteiger partial charge in [0.25, 0.3) is 5.91 Å². The Balaban J connectivity index is 1.81. The number of rotatable bonds is 9. The first kappa shape index (κ1) is 18.8. The molecule has 25 heavy (non-hydrogen) atoms. The first-order valence-electron chi connectivity index (χ1n) is 8.57. The van der Waals surface area contributed by atoms with Gasteiger partial charge in [-0.2, -0.15) is 0 Å². The zero-order valence-corrected chi connectivity index (χ0v) is 14.8. The molecule has 0 aromatic heterocycles. The Kier molecular flexibility index (Phi) is 7.29. The molecule has 0 unspecified atom stereocenters. The number of hydrogen-bond acceptors (Lipinski definition) is 4. The zero-order chi connectivity index (χ0) is 18.1. The fourth-order valence-corrected chi connectivity index (χ4v) is 2.45. The van der Waals surface area contributed by atoms with E-state index >= 15 is 0 Å². The standard InChI is InChI=1S/C20H26N2O3/c1-3-4-11-22-20(24)17-8-5-15(6-9-17)13-21-14-16-7-10-19(25-2)18(23)12-16/h5-10,12,21,23H,3-4,11,13-14H2,1-2H3,(H,22,24). The summed E-state index contributed by atoms with van der Waals surface area (Å²) in [5.41, 5.74) is 2.76. The minimum absolute atomic E-state index is 0.0262. The van der Waals surface area contributed by atoms with Crippen molar-refractivity contribution in [1.29, 1.82) is 0 Å². The molecule has 0 saturated heterocycles. The zero-order valence-electron chi connectivity index (χ0n) is 14.8. The van der Waals surface area contributed by atoms with E-state index < -0.39 is 0 Å². The molecule has 0 aliphatic heterocycles. The summed E-state index contributed by atoms with van der Waals surface area (Å²) in [6, 6.07) is 12.9. The topological polar surface area (TPSA) is 70.6 Å². The molecular formula is C20H26N2O3. The van der Waals surface area contributed by atoms with E-state index in [1.165, 1.54) is 7.11 Å². The second kappa shape index (κ2) is 9.69. The van der Waals surface area contributed by atoms with Crippen LogP contribution >= 0.6 is 0 Å². The van der Waals surface area contributed by atoms with Crippen molar-refractivity contribution in [2.45, 2.75) is 32.9 Å². The first-order chi connectivity index (χ1) is 12.1. The quantitative estimate of drug-likeness (QED) is 0.612. The van der Waals surface area contributed by atoms with Crippen LogP contribution in [-0.2, 0) is 13.1 Å². The molecular weight excluding hydrogens is 316 g/mol. The van der Waals surface area contributed by atoms with Gasteiger partial charge in [0, 0.05) is 25.2 Å². The van der Waals surface area contributed by atoms with Crippen molar-refractivity contribution in [1.82, 2.24) is 10.6 Å². The van der Waals surface area contributed by atoms with Gasteiger partial charge < -0.3 is 20.5 Å². The fraction of sp³-hybridized carbons (Fsp3) is 0.350. The number of carbonyl (C=O) groups excluding carboxylic acids is 1. The van der Waals surface area contributed by atoms with Crippen LogP contribution in [0.5, 0.6) is 11.5 Å². The van der Waals surface area contributed by atoms with Gasteiger partial charge in [0.2, 0.25) is 0 Å². The molecule has 1 amide bonds. The van der Waals surface area contributed by atoms with Gasteiger partial charge in [0.05, 0.1) is 7.11 Å². The molecule has 2 aromatic rings. The third kappa shape index (κ3) is 5.80. The number of ether oxygens (including phenoxy) is 1. The molecule has 2 aromatic carbocycles. The highest BCUT2D eigenvalue weighted by Crippen LogP contribution is 2.26. The van der Waals surface area contributed by atoms with Gasteiger partial charge in [0.1, 0.15) is 0 Å². The summed E-state index contributed by atoms with van der Waals surface area (Å²) in [6.07, 6.45) is 2.06. The van der Waals surface area contributed by atoms with Gasteiger partial charge >= 0.3 is 0 Å². The van der Waals surface area contributed by atoms with Crippen LogP contribution in [-0.4, -0.2) is 24.7 Å². The lowest BCUT2D eigenvalue weighted by Crippen LogP contribution is -2.24. The second-order valence-corrected chi connectivity index (χ2v) is 5.92. The summed E-state index contributed by atoms with van der Waals surface area (Å²) < 4.78 is 5.03. The van der Waals surface area contributed by atoms with Crippen LogP contribution in [0.2, 0.25) is 0 Å². The highest BCUT2D eigenvalue weighted by Gasteiger charge is 2.05. The van der Waals surface area contributed by atoms with Crippen LogP contribution in [0.4, 0.5) is 0 Å². The Morgan fingerprint density at radius 2 is 1.76 bits per heavy atom. The van der Waals surface area contributed by atoms with Crippen LogP contribution in [0.3, 0.4) is 0 Å². The van der Waals surface area contributed by atoms with Crippen molar-refractivity contribution < 1.29 is 14.6 Å². The van der Waals surface area contributed by atoms with E-state index in [4.69, 9.17) is 4.74 Å². The lowest BCUT2D eigenvalue weighted by atomic mass is 10.1. The predicted molar refractivity (Wildman–Crippen MR) is 98.9 cm³/mol. The smallest absolute Gasteiger partial charge is 0.251 e. The van der Waals surface area contributed by atoms with E-state index in [9.17, 15) is 9.90 Å². The van der Waals surface area contributed by atoms with Crippen LogP contribution in [0.15, 0.2) is 42.5 Å². The Morgan fingerprint density at radius 1 is 1.08 bits per heavy atom. The lowest BCUT2D eigenvalue weighted by molar-refractivity contribution is 0.0953. The SMILES string of the molecule is CCCCNC(=O)c1ccc(CNCc2ccc(OC)c(O)c2)cc1. The summed E-state index contributed by atoms with van der Waals surface area (Å²) in [4.78, 5) is 12.0. The highest BCUT2D eigenvalue weighted by atomic mass is 16.5. The molecule has 0 atom stereocenters. The van der Waals surface area contributed by atoms with E-state index in [2.05, 4.69) is 17.6 Å². The van der Waals surface area contributed by atoms with Crippen LogP contribution < -0.4 is 15.4 Å². The van der Waals surface area contributed by atoms with Gasteiger partial charge in [-0.15, -0.1) is 0 Å². The Bertz CT molecular complexity index is 684.